The summed E-state index contributed by atoms with van der Waals surface area (Å²) in [6.45, 7) is 4.33. The van der Waals surface area contributed by atoms with Crippen LogP contribution >= 0.6 is 15.9 Å². The fourth-order valence-electron chi connectivity index (χ4n) is 1.74. The Labute approximate surface area is 121 Å². The number of nitrogen functional groups attached to an aromatic ring is 1. The summed E-state index contributed by atoms with van der Waals surface area (Å²) in [7, 11) is 0. The van der Waals surface area contributed by atoms with Crippen LogP contribution in [0.2, 0.25) is 0 Å². The number of rotatable bonds is 4. The number of halogens is 1. The maximum atomic E-state index is 5.87. The topological polar surface area (TPSA) is 61.0 Å². The number of hydrogen-bond acceptors (Lipinski definition) is 4. The maximum absolute atomic E-state index is 5.87. The zero-order valence-corrected chi connectivity index (χ0v) is 12.5. The van der Waals surface area contributed by atoms with Gasteiger partial charge in [0.2, 0.25) is 11.8 Å². The number of ether oxygens (including phenoxy) is 1. The SMILES string of the molecule is CCC(C)c1ccccc1Oc1nc(N)ncc1Br. The van der Waals surface area contributed by atoms with Gasteiger partial charge in [0, 0.05) is 0 Å². The molecule has 4 nitrogen and oxygen atoms in total. The largest absolute Gasteiger partial charge is 0.437 e. The number of benzene rings is 1. The van der Waals surface area contributed by atoms with Gasteiger partial charge in [0.25, 0.3) is 0 Å². The molecule has 5 heteroatoms. The molecular weight excluding hydrogens is 306 g/mol. The molecule has 1 aromatic carbocycles. The Morgan fingerprint density at radius 1 is 1.37 bits per heavy atom. The average Bonchev–Trinajstić information content (AvgIpc) is 2.42. The normalized spacial score (nSPS) is 12.2. The molecule has 0 spiro atoms. The minimum absolute atomic E-state index is 0.194. The fourth-order valence-corrected chi connectivity index (χ4v) is 2.01. The summed E-state index contributed by atoms with van der Waals surface area (Å²) in [4.78, 5) is 7.99. The molecule has 1 atom stereocenters. The van der Waals surface area contributed by atoms with Gasteiger partial charge < -0.3 is 10.5 Å². The van der Waals surface area contributed by atoms with E-state index in [1.807, 2.05) is 18.2 Å². The van der Waals surface area contributed by atoms with E-state index in [1.165, 1.54) is 0 Å². The van der Waals surface area contributed by atoms with Crippen molar-refractivity contribution >= 4 is 21.9 Å². The molecular formula is C14H16BrN3O. The molecule has 0 amide bonds. The molecule has 0 saturated heterocycles. The van der Waals surface area contributed by atoms with E-state index in [9.17, 15) is 0 Å². The van der Waals surface area contributed by atoms with Crippen LogP contribution in [0, 0.1) is 0 Å². The lowest BCUT2D eigenvalue weighted by atomic mass is 9.98. The summed E-state index contributed by atoms with van der Waals surface area (Å²) in [5.41, 5.74) is 6.74. The first-order chi connectivity index (χ1) is 9.11. The quantitative estimate of drug-likeness (QED) is 0.919. The molecule has 1 heterocycles. The molecule has 1 unspecified atom stereocenters. The van der Waals surface area contributed by atoms with Gasteiger partial charge in [-0.05, 0) is 39.9 Å². The summed E-state index contributed by atoms with van der Waals surface area (Å²) in [5.74, 6) is 1.85. The molecule has 100 valence electrons. The van der Waals surface area contributed by atoms with E-state index in [2.05, 4.69) is 45.8 Å². The van der Waals surface area contributed by atoms with Crippen LogP contribution in [0.5, 0.6) is 11.6 Å². The molecule has 0 saturated carbocycles. The van der Waals surface area contributed by atoms with Gasteiger partial charge in [0.05, 0.1) is 10.7 Å². The zero-order valence-electron chi connectivity index (χ0n) is 10.9. The van der Waals surface area contributed by atoms with Gasteiger partial charge in [0.1, 0.15) is 5.75 Å². The number of anilines is 1. The van der Waals surface area contributed by atoms with E-state index in [0.717, 1.165) is 17.7 Å². The van der Waals surface area contributed by atoms with Gasteiger partial charge in [-0.3, -0.25) is 0 Å². The van der Waals surface area contributed by atoms with Gasteiger partial charge >= 0.3 is 0 Å². The predicted molar refractivity (Wildman–Crippen MR) is 79.4 cm³/mol. The summed E-state index contributed by atoms with van der Waals surface area (Å²) in [6, 6.07) is 7.96. The molecule has 0 aliphatic heterocycles. The molecule has 1 aromatic heterocycles. The Morgan fingerprint density at radius 3 is 2.84 bits per heavy atom. The Bertz CT molecular complexity index is 574. The summed E-state index contributed by atoms with van der Waals surface area (Å²) in [6.07, 6.45) is 2.64. The van der Waals surface area contributed by atoms with E-state index in [0.29, 0.717) is 16.3 Å². The summed E-state index contributed by atoms with van der Waals surface area (Å²) < 4.78 is 6.55. The van der Waals surface area contributed by atoms with Crippen molar-refractivity contribution in [3.05, 3.63) is 40.5 Å². The van der Waals surface area contributed by atoms with Gasteiger partial charge in [-0.1, -0.05) is 32.0 Å². The van der Waals surface area contributed by atoms with Crippen molar-refractivity contribution in [1.82, 2.24) is 9.97 Å². The molecule has 0 radical (unpaired) electrons. The molecule has 0 aliphatic carbocycles. The van der Waals surface area contributed by atoms with Crippen LogP contribution in [0.4, 0.5) is 5.95 Å². The van der Waals surface area contributed by atoms with E-state index < -0.39 is 0 Å². The van der Waals surface area contributed by atoms with Crippen LogP contribution in [0.1, 0.15) is 31.7 Å². The van der Waals surface area contributed by atoms with Gasteiger partial charge in [-0.15, -0.1) is 0 Å². The highest BCUT2D eigenvalue weighted by Crippen LogP contribution is 2.33. The third-order valence-corrected chi connectivity index (χ3v) is 3.54. The second-order valence-electron chi connectivity index (χ2n) is 4.33. The van der Waals surface area contributed by atoms with E-state index in [4.69, 9.17) is 10.5 Å². The van der Waals surface area contributed by atoms with Crippen LogP contribution in [0.15, 0.2) is 34.9 Å². The fraction of sp³-hybridized carbons (Fsp3) is 0.286. The summed E-state index contributed by atoms with van der Waals surface area (Å²) >= 11 is 3.36. The third-order valence-electron chi connectivity index (χ3n) is 3.00. The van der Waals surface area contributed by atoms with Crippen LogP contribution in [0.3, 0.4) is 0 Å². The molecule has 0 bridgehead atoms. The third kappa shape index (κ3) is 3.23. The standard InChI is InChI=1S/C14H16BrN3O/c1-3-9(2)10-6-4-5-7-12(10)19-13-11(15)8-17-14(16)18-13/h4-9H,3H2,1-2H3,(H2,16,17,18). The van der Waals surface area contributed by atoms with Crippen LogP contribution in [0.25, 0.3) is 0 Å². The van der Waals surface area contributed by atoms with Crippen molar-refractivity contribution in [3.63, 3.8) is 0 Å². The number of aromatic nitrogens is 2. The highest BCUT2D eigenvalue weighted by atomic mass is 79.9. The lowest BCUT2D eigenvalue weighted by Crippen LogP contribution is -2.00. The van der Waals surface area contributed by atoms with Crippen molar-refractivity contribution in [2.24, 2.45) is 0 Å². The monoisotopic (exact) mass is 321 g/mol. The number of nitrogens with two attached hydrogens (primary N) is 1. The van der Waals surface area contributed by atoms with E-state index in [1.54, 1.807) is 6.20 Å². The van der Waals surface area contributed by atoms with E-state index in [-0.39, 0.29) is 5.95 Å². The Hall–Kier alpha value is -1.62. The Morgan fingerprint density at radius 2 is 2.11 bits per heavy atom. The average molecular weight is 322 g/mol. The molecule has 0 fully saturated rings. The molecule has 19 heavy (non-hydrogen) atoms. The zero-order chi connectivity index (χ0) is 13.8. The van der Waals surface area contributed by atoms with Crippen LogP contribution in [-0.2, 0) is 0 Å². The molecule has 2 aromatic rings. The van der Waals surface area contributed by atoms with Crippen molar-refractivity contribution in [2.75, 3.05) is 5.73 Å². The van der Waals surface area contributed by atoms with Crippen molar-refractivity contribution in [3.8, 4) is 11.6 Å². The van der Waals surface area contributed by atoms with Gasteiger partial charge in [-0.2, -0.15) is 4.98 Å². The van der Waals surface area contributed by atoms with Crippen LogP contribution < -0.4 is 10.5 Å². The first-order valence-electron chi connectivity index (χ1n) is 6.16. The minimum Gasteiger partial charge on any atom is -0.437 e. The second-order valence-corrected chi connectivity index (χ2v) is 5.18. The lowest BCUT2D eigenvalue weighted by molar-refractivity contribution is 0.448. The first kappa shape index (κ1) is 13.8. The molecule has 2 rings (SSSR count). The number of nitrogens with zero attached hydrogens (tertiary/aromatic N) is 2. The highest BCUT2D eigenvalue weighted by molar-refractivity contribution is 9.10. The highest BCUT2D eigenvalue weighted by Gasteiger charge is 2.12. The second kappa shape index (κ2) is 6.02. The molecule has 2 N–H and O–H groups in total. The van der Waals surface area contributed by atoms with E-state index >= 15 is 0 Å². The smallest absolute Gasteiger partial charge is 0.238 e. The Kier molecular flexibility index (Phi) is 4.37. The van der Waals surface area contributed by atoms with Crippen LogP contribution in [-0.4, -0.2) is 9.97 Å². The molecule has 0 aliphatic rings. The van der Waals surface area contributed by atoms with Gasteiger partial charge in [-0.25, -0.2) is 4.98 Å². The predicted octanol–water partition coefficient (Wildman–Crippen LogP) is 4.13. The number of para-hydroxylation sites is 1. The maximum Gasteiger partial charge on any atom is 0.238 e. The van der Waals surface area contributed by atoms with Gasteiger partial charge in [0.15, 0.2) is 0 Å². The van der Waals surface area contributed by atoms with Crippen molar-refractivity contribution in [1.29, 1.82) is 0 Å². The summed E-state index contributed by atoms with van der Waals surface area (Å²) in [5, 5.41) is 0. The van der Waals surface area contributed by atoms with Crippen molar-refractivity contribution < 1.29 is 4.74 Å². The minimum atomic E-state index is 0.194. The van der Waals surface area contributed by atoms with Crippen molar-refractivity contribution in [2.45, 2.75) is 26.2 Å². The number of hydrogen-bond donors (Lipinski definition) is 1. The first-order valence-corrected chi connectivity index (χ1v) is 6.96. The Balaban J connectivity index is 2.35. The lowest BCUT2D eigenvalue weighted by Gasteiger charge is -2.15.